The number of hydrogen-bond acceptors (Lipinski definition) is 2. The molecule has 0 heterocycles. The molecule has 0 spiro atoms. The quantitative estimate of drug-likeness (QED) is 0.727. The third kappa shape index (κ3) is 6.70. The predicted octanol–water partition coefficient (Wildman–Crippen LogP) is 3.61. The molecule has 100 valence electrons. The summed E-state index contributed by atoms with van der Waals surface area (Å²) < 4.78 is 0. The third-order valence-corrected chi connectivity index (χ3v) is 3.74. The normalized spacial score (nSPS) is 12.1. The summed E-state index contributed by atoms with van der Waals surface area (Å²) in [5.74, 6) is 2.05. The first-order chi connectivity index (χ1) is 8.72. The van der Waals surface area contributed by atoms with Gasteiger partial charge in [-0.2, -0.15) is 11.8 Å². The Kier molecular flexibility index (Phi) is 7.58. The Bertz CT molecular complexity index is 340. The van der Waals surface area contributed by atoms with Crippen molar-refractivity contribution in [2.24, 2.45) is 0 Å². The molecule has 18 heavy (non-hydrogen) atoms. The minimum absolute atomic E-state index is 0.177. The van der Waals surface area contributed by atoms with Gasteiger partial charge in [-0.15, -0.1) is 0 Å². The van der Waals surface area contributed by atoms with Crippen LogP contribution in [0, 0.1) is 0 Å². The van der Waals surface area contributed by atoms with Crippen LogP contribution in [0.3, 0.4) is 0 Å². The summed E-state index contributed by atoms with van der Waals surface area (Å²) in [6.45, 7) is 4.21. The van der Waals surface area contributed by atoms with E-state index < -0.39 is 0 Å². The Labute approximate surface area is 115 Å². The number of carbonyl (C=O) groups is 1. The maximum absolute atomic E-state index is 11.6. The molecule has 0 saturated heterocycles. The molecular formula is C15H23NOS. The van der Waals surface area contributed by atoms with Crippen molar-refractivity contribution in [3.63, 3.8) is 0 Å². The van der Waals surface area contributed by atoms with Gasteiger partial charge in [0.25, 0.3) is 0 Å². The highest BCUT2D eigenvalue weighted by atomic mass is 32.2. The molecule has 0 aliphatic heterocycles. The molecule has 1 rings (SSSR count). The van der Waals surface area contributed by atoms with Crippen molar-refractivity contribution in [2.75, 3.05) is 5.75 Å². The summed E-state index contributed by atoms with van der Waals surface area (Å²) in [5.41, 5.74) is 1.32. The van der Waals surface area contributed by atoms with Gasteiger partial charge in [0, 0.05) is 24.0 Å². The second-order valence-electron chi connectivity index (χ2n) is 4.55. The van der Waals surface area contributed by atoms with E-state index in [-0.39, 0.29) is 5.91 Å². The van der Waals surface area contributed by atoms with Crippen molar-refractivity contribution >= 4 is 17.7 Å². The third-order valence-electron chi connectivity index (χ3n) is 2.71. The van der Waals surface area contributed by atoms with Crippen LogP contribution in [0.2, 0.25) is 0 Å². The Hall–Kier alpha value is -0.960. The van der Waals surface area contributed by atoms with Crippen molar-refractivity contribution < 1.29 is 4.79 Å². The number of nitrogens with one attached hydrogen (secondary N) is 1. The molecular weight excluding hydrogens is 242 g/mol. The lowest BCUT2D eigenvalue weighted by Crippen LogP contribution is -2.32. The summed E-state index contributed by atoms with van der Waals surface area (Å²) >= 11 is 1.81. The molecule has 0 fully saturated rings. The van der Waals surface area contributed by atoms with Crippen LogP contribution in [0.15, 0.2) is 30.3 Å². The monoisotopic (exact) mass is 265 g/mol. The fourth-order valence-corrected chi connectivity index (χ4v) is 2.68. The molecule has 1 atom stereocenters. The first-order valence-electron chi connectivity index (χ1n) is 6.63. The number of hydrogen-bond donors (Lipinski definition) is 1. The van der Waals surface area contributed by atoms with Gasteiger partial charge in [0.2, 0.25) is 5.91 Å². The fraction of sp³-hybridized carbons (Fsp3) is 0.533. The van der Waals surface area contributed by atoms with Gasteiger partial charge < -0.3 is 5.32 Å². The average molecular weight is 265 g/mol. The zero-order valence-corrected chi connectivity index (χ0v) is 12.1. The van der Waals surface area contributed by atoms with Crippen LogP contribution in [0.25, 0.3) is 0 Å². The van der Waals surface area contributed by atoms with E-state index >= 15 is 0 Å². The number of carbonyl (C=O) groups excluding carboxylic acids is 1. The van der Waals surface area contributed by atoms with Crippen molar-refractivity contribution in [1.82, 2.24) is 5.32 Å². The number of benzene rings is 1. The zero-order chi connectivity index (χ0) is 13.2. The van der Waals surface area contributed by atoms with Gasteiger partial charge in [0.05, 0.1) is 0 Å². The molecule has 0 aliphatic carbocycles. The van der Waals surface area contributed by atoms with Gasteiger partial charge in [-0.05, 0) is 18.9 Å². The zero-order valence-electron chi connectivity index (χ0n) is 11.3. The van der Waals surface area contributed by atoms with E-state index in [1.165, 1.54) is 5.56 Å². The molecule has 1 aromatic rings. The van der Waals surface area contributed by atoms with Crippen molar-refractivity contribution in [3.05, 3.63) is 35.9 Å². The van der Waals surface area contributed by atoms with Crippen LogP contribution < -0.4 is 5.32 Å². The van der Waals surface area contributed by atoms with Crippen LogP contribution in [-0.2, 0) is 10.5 Å². The van der Waals surface area contributed by atoms with Crippen LogP contribution >= 0.6 is 11.8 Å². The van der Waals surface area contributed by atoms with E-state index in [1.807, 2.05) is 17.8 Å². The first-order valence-corrected chi connectivity index (χ1v) is 7.79. The standard InChI is InChI=1S/C15H23NOS/c1-3-7-13(2)16-15(17)10-11-18-12-14-8-5-4-6-9-14/h4-6,8-9,13H,3,7,10-12H2,1-2H3,(H,16,17). The Balaban J connectivity index is 2.09. The van der Waals surface area contributed by atoms with Gasteiger partial charge in [-0.25, -0.2) is 0 Å². The maximum atomic E-state index is 11.6. The first kappa shape index (κ1) is 15.1. The maximum Gasteiger partial charge on any atom is 0.221 e. The predicted molar refractivity (Wildman–Crippen MR) is 79.7 cm³/mol. The second-order valence-corrected chi connectivity index (χ2v) is 5.65. The summed E-state index contributed by atoms with van der Waals surface area (Å²) in [7, 11) is 0. The van der Waals surface area contributed by atoms with E-state index in [1.54, 1.807) is 0 Å². The SMILES string of the molecule is CCCC(C)NC(=O)CCSCc1ccccc1. The molecule has 0 aromatic heterocycles. The molecule has 0 aliphatic rings. The highest BCUT2D eigenvalue weighted by Crippen LogP contribution is 2.12. The highest BCUT2D eigenvalue weighted by molar-refractivity contribution is 7.98. The van der Waals surface area contributed by atoms with Gasteiger partial charge in [-0.1, -0.05) is 43.7 Å². The van der Waals surface area contributed by atoms with Gasteiger partial charge in [0.15, 0.2) is 0 Å². The molecule has 1 aromatic carbocycles. The molecule has 0 radical (unpaired) electrons. The van der Waals surface area contributed by atoms with E-state index in [0.29, 0.717) is 12.5 Å². The van der Waals surface area contributed by atoms with E-state index in [9.17, 15) is 4.79 Å². The molecule has 0 saturated carbocycles. The van der Waals surface area contributed by atoms with Gasteiger partial charge >= 0.3 is 0 Å². The Morgan fingerprint density at radius 1 is 1.33 bits per heavy atom. The summed E-state index contributed by atoms with van der Waals surface area (Å²) in [5, 5.41) is 3.03. The lowest BCUT2D eigenvalue weighted by molar-refractivity contribution is -0.121. The Morgan fingerprint density at radius 2 is 2.06 bits per heavy atom. The van der Waals surface area contributed by atoms with Crippen molar-refractivity contribution in [3.8, 4) is 0 Å². The minimum atomic E-state index is 0.177. The average Bonchev–Trinajstić information content (AvgIpc) is 2.36. The molecule has 1 N–H and O–H groups in total. The van der Waals surface area contributed by atoms with Gasteiger partial charge in [0.1, 0.15) is 0 Å². The Morgan fingerprint density at radius 3 is 2.72 bits per heavy atom. The lowest BCUT2D eigenvalue weighted by atomic mass is 10.2. The van der Waals surface area contributed by atoms with Gasteiger partial charge in [-0.3, -0.25) is 4.79 Å². The molecule has 2 nitrogen and oxygen atoms in total. The second kappa shape index (κ2) is 9.03. The van der Waals surface area contributed by atoms with Crippen molar-refractivity contribution in [2.45, 2.75) is 44.9 Å². The van der Waals surface area contributed by atoms with Crippen LogP contribution in [-0.4, -0.2) is 17.7 Å². The lowest BCUT2D eigenvalue weighted by Gasteiger charge is -2.12. The van der Waals surface area contributed by atoms with Crippen LogP contribution in [0.5, 0.6) is 0 Å². The van der Waals surface area contributed by atoms with E-state index in [0.717, 1.165) is 24.3 Å². The summed E-state index contributed by atoms with van der Waals surface area (Å²) in [6.07, 6.45) is 2.79. The summed E-state index contributed by atoms with van der Waals surface area (Å²) in [4.78, 5) is 11.6. The molecule has 0 bridgehead atoms. The smallest absolute Gasteiger partial charge is 0.221 e. The molecule has 1 unspecified atom stereocenters. The minimum Gasteiger partial charge on any atom is -0.354 e. The van der Waals surface area contributed by atoms with Crippen LogP contribution in [0.4, 0.5) is 0 Å². The van der Waals surface area contributed by atoms with E-state index in [4.69, 9.17) is 0 Å². The topological polar surface area (TPSA) is 29.1 Å². The number of amides is 1. The largest absolute Gasteiger partial charge is 0.354 e. The van der Waals surface area contributed by atoms with Crippen molar-refractivity contribution in [1.29, 1.82) is 0 Å². The molecule has 3 heteroatoms. The highest BCUT2D eigenvalue weighted by Gasteiger charge is 2.05. The summed E-state index contributed by atoms with van der Waals surface area (Å²) in [6, 6.07) is 10.7. The molecule has 1 amide bonds. The number of rotatable bonds is 8. The number of thioether (sulfide) groups is 1. The van der Waals surface area contributed by atoms with Crippen LogP contribution in [0.1, 0.15) is 38.7 Å². The fourth-order valence-electron chi connectivity index (χ4n) is 1.78. The van der Waals surface area contributed by atoms with E-state index in [2.05, 4.69) is 43.4 Å².